The minimum Gasteiger partial charge on any atom is -0.388 e. The third-order valence-electron chi connectivity index (χ3n) is 3.36. The number of amides is 1. The second-order valence-corrected chi connectivity index (χ2v) is 4.95. The van der Waals surface area contributed by atoms with E-state index in [9.17, 15) is 15.0 Å². The van der Waals surface area contributed by atoms with Gasteiger partial charge in [-0.25, -0.2) is 0 Å². The summed E-state index contributed by atoms with van der Waals surface area (Å²) in [7, 11) is 0. The van der Waals surface area contributed by atoms with Gasteiger partial charge in [0.05, 0.1) is 12.2 Å². The highest BCUT2D eigenvalue weighted by atomic mass is 16.3. The maximum Gasteiger partial charge on any atom is 0.222 e. The highest BCUT2D eigenvalue weighted by molar-refractivity contribution is 5.76. The molecule has 0 radical (unpaired) electrons. The molecule has 0 aromatic rings. The molecule has 1 fully saturated rings. The molecule has 1 aliphatic rings. The van der Waals surface area contributed by atoms with Crippen molar-refractivity contribution in [3.8, 4) is 0 Å². The van der Waals surface area contributed by atoms with E-state index in [4.69, 9.17) is 0 Å². The Balaban J connectivity index is 2.05. The number of β-amino-alcohol motifs (C(OH)–C–C–N with tert-alkyl or cyclic N) is 2. The second kappa shape index (κ2) is 7.67. The number of rotatable bonds is 7. The molecular weight excluding hydrogens is 218 g/mol. The zero-order chi connectivity index (χ0) is 12.7. The van der Waals surface area contributed by atoms with Gasteiger partial charge in [-0.05, 0) is 6.42 Å². The van der Waals surface area contributed by atoms with E-state index in [2.05, 4.69) is 6.92 Å². The van der Waals surface area contributed by atoms with Gasteiger partial charge in [-0.2, -0.15) is 0 Å². The first-order valence-corrected chi connectivity index (χ1v) is 6.79. The monoisotopic (exact) mass is 243 g/mol. The SMILES string of the molecule is CCCCCCCCC(=O)N1CC(O)C(O)C1. The number of unbranched alkanes of at least 4 members (excludes halogenated alkanes) is 5. The summed E-state index contributed by atoms with van der Waals surface area (Å²) < 4.78 is 0. The second-order valence-electron chi connectivity index (χ2n) is 4.95. The van der Waals surface area contributed by atoms with E-state index >= 15 is 0 Å². The van der Waals surface area contributed by atoms with Crippen molar-refractivity contribution in [2.45, 2.75) is 64.1 Å². The number of likely N-dealkylation sites (tertiary alicyclic amines) is 1. The third kappa shape index (κ3) is 5.04. The van der Waals surface area contributed by atoms with Gasteiger partial charge in [0.2, 0.25) is 5.91 Å². The average Bonchev–Trinajstić information content (AvgIpc) is 2.64. The van der Waals surface area contributed by atoms with Gasteiger partial charge in [0.25, 0.3) is 0 Å². The molecule has 0 saturated carbocycles. The fourth-order valence-electron chi connectivity index (χ4n) is 2.19. The van der Waals surface area contributed by atoms with Crippen molar-refractivity contribution in [3.05, 3.63) is 0 Å². The molecule has 0 bridgehead atoms. The largest absolute Gasteiger partial charge is 0.388 e. The van der Waals surface area contributed by atoms with Gasteiger partial charge in [-0.15, -0.1) is 0 Å². The number of nitrogens with zero attached hydrogens (tertiary/aromatic N) is 1. The summed E-state index contributed by atoms with van der Waals surface area (Å²) in [4.78, 5) is 13.3. The van der Waals surface area contributed by atoms with E-state index in [-0.39, 0.29) is 19.0 Å². The minimum absolute atomic E-state index is 0.0658. The zero-order valence-corrected chi connectivity index (χ0v) is 10.8. The molecule has 100 valence electrons. The summed E-state index contributed by atoms with van der Waals surface area (Å²) in [6, 6.07) is 0. The van der Waals surface area contributed by atoms with Crippen LogP contribution in [-0.2, 0) is 4.79 Å². The van der Waals surface area contributed by atoms with Gasteiger partial charge >= 0.3 is 0 Å². The van der Waals surface area contributed by atoms with Gasteiger partial charge in [-0.1, -0.05) is 39.0 Å². The normalized spacial score (nSPS) is 24.3. The van der Waals surface area contributed by atoms with Crippen molar-refractivity contribution in [1.82, 2.24) is 4.90 Å². The summed E-state index contributed by atoms with van der Waals surface area (Å²) in [5.41, 5.74) is 0. The molecule has 1 rings (SSSR count). The van der Waals surface area contributed by atoms with Crippen molar-refractivity contribution in [1.29, 1.82) is 0 Å². The molecule has 1 aliphatic heterocycles. The zero-order valence-electron chi connectivity index (χ0n) is 10.8. The molecule has 0 spiro atoms. The molecule has 1 amide bonds. The van der Waals surface area contributed by atoms with Crippen LogP contribution in [0.2, 0.25) is 0 Å². The Bertz CT molecular complexity index is 223. The summed E-state index contributed by atoms with van der Waals surface area (Å²) in [5, 5.41) is 18.7. The highest BCUT2D eigenvalue weighted by Crippen LogP contribution is 2.13. The van der Waals surface area contributed by atoms with E-state index in [0.717, 1.165) is 12.8 Å². The highest BCUT2D eigenvalue weighted by Gasteiger charge is 2.31. The molecule has 1 heterocycles. The number of carbonyl (C=O) groups is 1. The van der Waals surface area contributed by atoms with E-state index < -0.39 is 12.2 Å². The van der Waals surface area contributed by atoms with Crippen LogP contribution in [0.15, 0.2) is 0 Å². The van der Waals surface area contributed by atoms with E-state index in [1.54, 1.807) is 4.90 Å². The fourth-order valence-corrected chi connectivity index (χ4v) is 2.19. The topological polar surface area (TPSA) is 60.8 Å². The summed E-state index contributed by atoms with van der Waals surface area (Å²) >= 11 is 0. The van der Waals surface area contributed by atoms with Crippen LogP contribution in [0.25, 0.3) is 0 Å². The molecule has 4 nitrogen and oxygen atoms in total. The molecule has 2 unspecified atom stereocenters. The van der Waals surface area contributed by atoms with Crippen LogP contribution in [-0.4, -0.2) is 46.3 Å². The molecular formula is C13H25NO3. The summed E-state index contributed by atoms with van der Waals surface area (Å²) in [5.74, 6) is 0.0658. The molecule has 17 heavy (non-hydrogen) atoms. The molecule has 2 atom stereocenters. The number of aliphatic hydroxyl groups is 2. The molecule has 4 heteroatoms. The molecule has 2 N–H and O–H groups in total. The third-order valence-corrected chi connectivity index (χ3v) is 3.36. The van der Waals surface area contributed by atoms with Crippen molar-refractivity contribution in [2.75, 3.05) is 13.1 Å². The lowest BCUT2D eigenvalue weighted by molar-refractivity contribution is -0.130. The van der Waals surface area contributed by atoms with Crippen molar-refractivity contribution >= 4 is 5.91 Å². The number of hydrogen-bond acceptors (Lipinski definition) is 3. The maximum absolute atomic E-state index is 11.7. The Hall–Kier alpha value is -0.610. The Morgan fingerprint density at radius 1 is 1.06 bits per heavy atom. The maximum atomic E-state index is 11.7. The first-order chi connectivity index (χ1) is 8.15. The molecule has 1 saturated heterocycles. The lowest BCUT2D eigenvalue weighted by Crippen LogP contribution is -2.29. The van der Waals surface area contributed by atoms with Crippen LogP contribution in [0.3, 0.4) is 0 Å². The van der Waals surface area contributed by atoms with Gasteiger partial charge in [0.15, 0.2) is 0 Å². The van der Waals surface area contributed by atoms with E-state index in [0.29, 0.717) is 6.42 Å². The van der Waals surface area contributed by atoms with Crippen LogP contribution in [0.5, 0.6) is 0 Å². The number of carbonyl (C=O) groups excluding carboxylic acids is 1. The first kappa shape index (κ1) is 14.5. The van der Waals surface area contributed by atoms with Gasteiger partial charge in [0, 0.05) is 19.5 Å². The van der Waals surface area contributed by atoms with Crippen LogP contribution < -0.4 is 0 Å². The van der Waals surface area contributed by atoms with E-state index in [1.165, 1.54) is 25.7 Å². The first-order valence-electron chi connectivity index (χ1n) is 6.79. The standard InChI is InChI=1S/C13H25NO3/c1-2-3-4-5-6-7-8-13(17)14-9-11(15)12(16)10-14/h11-12,15-16H,2-10H2,1H3. The van der Waals surface area contributed by atoms with Gasteiger partial charge < -0.3 is 15.1 Å². The Morgan fingerprint density at radius 3 is 2.18 bits per heavy atom. The molecule has 0 aromatic heterocycles. The molecule has 0 aromatic carbocycles. The quantitative estimate of drug-likeness (QED) is 0.663. The van der Waals surface area contributed by atoms with Crippen LogP contribution in [0, 0.1) is 0 Å². The van der Waals surface area contributed by atoms with Gasteiger partial charge in [-0.3, -0.25) is 4.79 Å². The fraction of sp³-hybridized carbons (Fsp3) is 0.923. The lowest BCUT2D eigenvalue weighted by atomic mass is 10.1. The summed E-state index contributed by atoms with van der Waals surface area (Å²) in [6.45, 7) is 2.76. The van der Waals surface area contributed by atoms with Crippen LogP contribution in [0.4, 0.5) is 0 Å². The van der Waals surface area contributed by atoms with Crippen molar-refractivity contribution < 1.29 is 15.0 Å². The van der Waals surface area contributed by atoms with Crippen molar-refractivity contribution in [3.63, 3.8) is 0 Å². The predicted molar refractivity (Wildman–Crippen MR) is 66.6 cm³/mol. The average molecular weight is 243 g/mol. The lowest BCUT2D eigenvalue weighted by Gasteiger charge is -2.14. The Morgan fingerprint density at radius 2 is 1.59 bits per heavy atom. The van der Waals surface area contributed by atoms with Crippen LogP contribution in [0.1, 0.15) is 51.9 Å². The summed E-state index contributed by atoms with van der Waals surface area (Å²) in [6.07, 6.45) is 6.02. The van der Waals surface area contributed by atoms with E-state index in [1.807, 2.05) is 0 Å². The smallest absolute Gasteiger partial charge is 0.222 e. The van der Waals surface area contributed by atoms with Gasteiger partial charge in [0.1, 0.15) is 0 Å². The number of aliphatic hydroxyl groups excluding tert-OH is 2. The Kier molecular flexibility index (Phi) is 6.52. The van der Waals surface area contributed by atoms with Crippen LogP contribution >= 0.6 is 0 Å². The van der Waals surface area contributed by atoms with Crippen molar-refractivity contribution in [2.24, 2.45) is 0 Å². The Labute approximate surface area is 104 Å². The predicted octanol–water partition coefficient (Wildman–Crippen LogP) is 1.30. The molecule has 0 aliphatic carbocycles. The number of hydrogen-bond donors (Lipinski definition) is 2. The minimum atomic E-state index is -0.761.